The first-order valence-corrected chi connectivity index (χ1v) is 7.49. The van der Waals surface area contributed by atoms with Crippen molar-refractivity contribution in [2.45, 2.75) is 0 Å². The fourth-order valence-electron chi connectivity index (χ4n) is 2.22. The highest BCUT2D eigenvalue weighted by atomic mass is 35.5. The molecule has 0 fully saturated rings. The van der Waals surface area contributed by atoms with Gasteiger partial charge in [-0.15, -0.1) is 0 Å². The summed E-state index contributed by atoms with van der Waals surface area (Å²) in [6, 6.07) is 13.2. The van der Waals surface area contributed by atoms with E-state index in [-0.39, 0.29) is 0 Å². The molecule has 0 unspecified atom stereocenters. The zero-order chi connectivity index (χ0) is 16.2. The summed E-state index contributed by atoms with van der Waals surface area (Å²) in [6.45, 7) is 0. The Kier molecular flexibility index (Phi) is 4.39. The molecule has 0 bridgehead atoms. The van der Waals surface area contributed by atoms with Gasteiger partial charge < -0.3 is 10.2 Å². The minimum Gasteiger partial charge on any atom is -0.362 e. The van der Waals surface area contributed by atoms with Gasteiger partial charge >= 0.3 is 0 Å². The lowest BCUT2D eigenvalue weighted by Gasteiger charge is -2.15. The molecule has 0 amide bonds. The number of rotatable bonds is 4. The summed E-state index contributed by atoms with van der Waals surface area (Å²) in [6.07, 6.45) is 3.49. The van der Waals surface area contributed by atoms with E-state index in [0.717, 1.165) is 22.8 Å². The predicted molar refractivity (Wildman–Crippen MR) is 94.3 cm³/mol. The van der Waals surface area contributed by atoms with E-state index in [0.29, 0.717) is 11.0 Å². The first-order chi connectivity index (χ1) is 11.1. The van der Waals surface area contributed by atoms with Crippen LogP contribution in [0.5, 0.6) is 0 Å². The van der Waals surface area contributed by atoms with E-state index >= 15 is 0 Å². The maximum atomic E-state index is 6.00. The molecule has 3 rings (SSSR count). The highest BCUT2D eigenvalue weighted by molar-refractivity contribution is 6.30. The summed E-state index contributed by atoms with van der Waals surface area (Å²) < 4.78 is 0. The van der Waals surface area contributed by atoms with Crippen LogP contribution in [0.2, 0.25) is 5.02 Å². The van der Waals surface area contributed by atoms with Crippen molar-refractivity contribution in [3.05, 3.63) is 59.9 Å². The number of hydrogen-bond donors (Lipinski definition) is 1. The Hall–Kier alpha value is -2.66. The van der Waals surface area contributed by atoms with Crippen molar-refractivity contribution >= 4 is 29.1 Å². The van der Waals surface area contributed by atoms with Crippen molar-refractivity contribution in [2.75, 3.05) is 24.3 Å². The summed E-state index contributed by atoms with van der Waals surface area (Å²) in [5.41, 5.74) is 2.60. The summed E-state index contributed by atoms with van der Waals surface area (Å²) in [5, 5.41) is 3.82. The minimum atomic E-state index is 0.512. The molecule has 23 heavy (non-hydrogen) atoms. The maximum Gasteiger partial charge on any atom is 0.227 e. The molecule has 5 nitrogen and oxygen atoms in total. The van der Waals surface area contributed by atoms with Crippen LogP contribution in [-0.2, 0) is 0 Å². The number of halogens is 1. The van der Waals surface area contributed by atoms with Gasteiger partial charge in [0.15, 0.2) is 0 Å². The van der Waals surface area contributed by atoms with Crippen LogP contribution in [0, 0.1) is 0 Å². The lowest BCUT2D eigenvalue weighted by atomic mass is 10.2. The normalized spacial score (nSPS) is 10.4. The van der Waals surface area contributed by atoms with Crippen LogP contribution in [0.1, 0.15) is 0 Å². The first-order valence-electron chi connectivity index (χ1n) is 7.12. The van der Waals surface area contributed by atoms with E-state index in [1.807, 2.05) is 61.5 Å². The first kappa shape index (κ1) is 15.2. The second-order valence-corrected chi connectivity index (χ2v) is 5.61. The Bertz CT molecular complexity index is 819. The van der Waals surface area contributed by atoms with Gasteiger partial charge in [0.1, 0.15) is 5.82 Å². The molecule has 0 aliphatic rings. The largest absolute Gasteiger partial charge is 0.362 e. The van der Waals surface area contributed by atoms with Gasteiger partial charge in [-0.3, -0.25) is 0 Å². The lowest BCUT2D eigenvalue weighted by molar-refractivity contribution is 1.06. The minimum absolute atomic E-state index is 0.512. The second-order valence-electron chi connectivity index (χ2n) is 5.17. The van der Waals surface area contributed by atoms with Gasteiger partial charge in [0.2, 0.25) is 5.95 Å². The summed E-state index contributed by atoms with van der Waals surface area (Å²) in [5.74, 6) is 1.37. The third kappa shape index (κ3) is 3.57. The highest BCUT2D eigenvalue weighted by Crippen LogP contribution is 2.27. The van der Waals surface area contributed by atoms with E-state index in [1.54, 1.807) is 12.4 Å². The third-order valence-electron chi connectivity index (χ3n) is 3.22. The molecular weight excluding hydrogens is 310 g/mol. The van der Waals surface area contributed by atoms with Crippen LogP contribution in [0.4, 0.5) is 17.5 Å². The smallest absolute Gasteiger partial charge is 0.227 e. The maximum absolute atomic E-state index is 6.00. The Morgan fingerprint density at radius 3 is 2.65 bits per heavy atom. The average Bonchev–Trinajstić information content (AvgIpc) is 2.55. The molecule has 2 aromatic heterocycles. The number of anilines is 3. The SMILES string of the molecule is CN(C)c1ncccc1-c1ccnc(Nc2cccc(Cl)c2)n1. The number of nitrogens with zero attached hydrogens (tertiary/aromatic N) is 4. The number of benzene rings is 1. The molecule has 0 spiro atoms. The molecule has 116 valence electrons. The van der Waals surface area contributed by atoms with Gasteiger partial charge in [0.25, 0.3) is 0 Å². The molecule has 6 heteroatoms. The Balaban J connectivity index is 1.94. The molecule has 3 aromatic rings. The van der Waals surface area contributed by atoms with Crippen LogP contribution in [0.15, 0.2) is 54.9 Å². The Labute approximate surface area is 140 Å². The summed E-state index contributed by atoms with van der Waals surface area (Å²) in [7, 11) is 3.91. The molecule has 2 heterocycles. The van der Waals surface area contributed by atoms with E-state index in [9.17, 15) is 0 Å². The van der Waals surface area contributed by atoms with Crippen LogP contribution in [0.25, 0.3) is 11.3 Å². The molecule has 0 saturated carbocycles. The number of pyridine rings is 1. The van der Waals surface area contributed by atoms with E-state index in [4.69, 9.17) is 11.6 Å². The molecule has 0 saturated heterocycles. The summed E-state index contributed by atoms with van der Waals surface area (Å²) >= 11 is 6.00. The standard InChI is InChI=1S/C17H16ClN5/c1-23(2)16-14(7-4-9-19-16)15-8-10-20-17(22-15)21-13-6-3-5-12(18)11-13/h3-11H,1-2H3,(H,20,21,22). The molecule has 1 aromatic carbocycles. The van der Waals surface area contributed by atoms with Gasteiger partial charge in [0, 0.05) is 42.8 Å². The Morgan fingerprint density at radius 2 is 1.87 bits per heavy atom. The topological polar surface area (TPSA) is 53.9 Å². The third-order valence-corrected chi connectivity index (χ3v) is 3.46. The van der Waals surface area contributed by atoms with Crippen molar-refractivity contribution in [2.24, 2.45) is 0 Å². The molecule has 0 aliphatic carbocycles. The quantitative estimate of drug-likeness (QED) is 0.785. The molecule has 1 N–H and O–H groups in total. The fraction of sp³-hybridized carbons (Fsp3) is 0.118. The fourth-order valence-corrected chi connectivity index (χ4v) is 2.41. The predicted octanol–water partition coefficient (Wildman–Crippen LogP) is 4.00. The molecule has 0 aliphatic heterocycles. The number of aromatic nitrogens is 3. The van der Waals surface area contributed by atoms with Gasteiger partial charge in [-0.2, -0.15) is 0 Å². The molecule has 0 radical (unpaired) electrons. The highest BCUT2D eigenvalue weighted by Gasteiger charge is 2.10. The molecule has 0 atom stereocenters. The van der Waals surface area contributed by atoms with Crippen LogP contribution in [-0.4, -0.2) is 29.0 Å². The van der Waals surface area contributed by atoms with Crippen LogP contribution < -0.4 is 10.2 Å². The zero-order valence-corrected chi connectivity index (χ0v) is 13.6. The van der Waals surface area contributed by atoms with Crippen molar-refractivity contribution in [1.82, 2.24) is 15.0 Å². The van der Waals surface area contributed by atoms with E-state index in [2.05, 4.69) is 20.3 Å². The van der Waals surface area contributed by atoms with Crippen molar-refractivity contribution in [3.8, 4) is 11.3 Å². The zero-order valence-electron chi connectivity index (χ0n) is 12.9. The molecular formula is C17H16ClN5. The summed E-state index contributed by atoms with van der Waals surface area (Å²) in [4.78, 5) is 15.2. The number of hydrogen-bond acceptors (Lipinski definition) is 5. The van der Waals surface area contributed by atoms with Gasteiger partial charge in [-0.1, -0.05) is 17.7 Å². The van der Waals surface area contributed by atoms with Gasteiger partial charge in [0.05, 0.1) is 5.69 Å². The van der Waals surface area contributed by atoms with Crippen LogP contribution >= 0.6 is 11.6 Å². The van der Waals surface area contributed by atoms with Crippen molar-refractivity contribution < 1.29 is 0 Å². The second kappa shape index (κ2) is 6.62. The average molecular weight is 326 g/mol. The van der Waals surface area contributed by atoms with Gasteiger partial charge in [-0.05, 0) is 36.4 Å². The van der Waals surface area contributed by atoms with E-state index < -0.39 is 0 Å². The lowest BCUT2D eigenvalue weighted by Crippen LogP contribution is -2.12. The monoisotopic (exact) mass is 325 g/mol. The van der Waals surface area contributed by atoms with Crippen molar-refractivity contribution in [3.63, 3.8) is 0 Å². The Morgan fingerprint density at radius 1 is 1.00 bits per heavy atom. The van der Waals surface area contributed by atoms with Crippen LogP contribution in [0.3, 0.4) is 0 Å². The van der Waals surface area contributed by atoms with Crippen molar-refractivity contribution in [1.29, 1.82) is 0 Å². The van der Waals surface area contributed by atoms with Gasteiger partial charge in [-0.25, -0.2) is 15.0 Å². The van der Waals surface area contributed by atoms with E-state index in [1.165, 1.54) is 0 Å². The number of nitrogens with one attached hydrogen (secondary N) is 1.